The highest BCUT2D eigenvalue weighted by atomic mass is 32.1. The smallest absolute Gasteiger partial charge is 0.315 e. The van der Waals surface area contributed by atoms with Crippen molar-refractivity contribution in [2.75, 3.05) is 5.32 Å². The zero-order valence-corrected chi connectivity index (χ0v) is 15.2. The summed E-state index contributed by atoms with van der Waals surface area (Å²) < 4.78 is 24.8. The summed E-state index contributed by atoms with van der Waals surface area (Å²) in [4.78, 5) is 25.1. The van der Waals surface area contributed by atoms with Gasteiger partial charge in [-0.3, -0.25) is 9.59 Å². The Hall–Kier alpha value is -2.32. The van der Waals surface area contributed by atoms with E-state index in [0.717, 1.165) is 23.3 Å². The van der Waals surface area contributed by atoms with E-state index in [0.29, 0.717) is 22.6 Å². The van der Waals surface area contributed by atoms with E-state index < -0.39 is 12.3 Å². The predicted octanol–water partition coefficient (Wildman–Crippen LogP) is 3.24. The van der Waals surface area contributed by atoms with Gasteiger partial charge in [0.1, 0.15) is 0 Å². The second kappa shape index (κ2) is 7.36. The molecular weight excluding hydrogens is 372 g/mol. The van der Waals surface area contributed by atoms with E-state index in [1.54, 1.807) is 24.3 Å². The van der Waals surface area contributed by atoms with Gasteiger partial charge in [-0.2, -0.15) is 8.78 Å². The van der Waals surface area contributed by atoms with Crippen molar-refractivity contribution < 1.29 is 18.4 Å². The molecule has 0 saturated carbocycles. The first-order chi connectivity index (χ1) is 13.0. The van der Waals surface area contributed by atoms with Crippen molar-refractivity contribution in [3.8, 4) is 10.4 Å². The summed E-state index contributed by atoms with van der Waals surface area (Å²) in [5, 5.41) is 8.78. The molecule has 4 rings (SSSR count). The number of hydrogen-bond acceptors (Lipinski definition) is 4. The van der Waals surface area contributed by atoms with Crippen LogP contribution in [0.1, 0.15) is 28.9 Å². The first-order valence-corrected chi connectivity index (χ1v) is 9.67. The number of carbonyl (C=O) groups excluding carboxylic acids is 2. The number of halogens is 2. The summed E-state index contributed by atoms with van der Waals surface area (Å²) in [5.41, 5.74) is 1.05. The second-order valence-corrected chi connectivity index (χ2v) is 7.98. The Bertz CT molecular complexity index is 870. The van der Waals surface area contributed by atoms with Crippen LogP contribution in [0, 0.1) is 0 Å². The summed E-state index contributed by atoms with van der Waals surface area (Å²) in [5.74, 6) is -1.43. The molecule has 2 saturated heterocycles. The zero-order valence-electron chi connectivity index (χ0n) is 14.4. The molecule has 3 atom stereocenters. The molecule has 2 fully saturated rings. The molecule has 8 heteroatoms. The van der Waals surface area contributed by atoms with Crippen molar-refractivity contribution in [1.29, 1.82) is 0 Å². The Balaban J connectivity index is 1.44. The largest absolute Gasteiger partial charge is 0.347 e. The Morgan fingerprint density at radius 3 is 2.74 bits per heavy atom. The van der Waals surface area contributed by atoms with Crippen LogP contribution in [0.5, 0.6) is 0 Å². The molecule has 2 bridgehead atoms. The minimum absolute atomic E-state index is 0.0900. The van der Waals surface area contributed by atoms with Gasteiger partial charge in [0.15, 0.2) is 0 Å². The van der Waals surface area contributed by atoms with E-state index in [2.05, 4.69) is 16.0 Å². The summed E-state index contributed by atoms with van der Waals surface area (Å²) in [7, 11) is 0. The maximum Gasteiger partial charge on any atom is 0.315 e. The predicted molar refractivity (Wildman–Crippen MR) is 100 cm³/mol. The normalized spacial score (nSPS) is 23.6. The summed E-state index contributed by atoms with van der Waals surface area (Å²) in [6.45, 7) is 0. The maximum atomic E-state index is 12.5. The van der Waals surface area contributed by atoms with E-state index in [1.807, 2.05) is 12.1 Å². The van der Waals surface area contributed by atoms with Crippen LogP contribution >= 0.6 is 11.3 Å². The number of hydrogen-bond donors (Lipinski definition) is 3. The molecule has 3 unspecified atom stereocenters. The summed E-state index contributed by atoms with van der Waals surface area (Å²) in [6, 6.07) is 11.3. The molecule has 2 aromatic rings. The minimum atomic E-state index is -3.06. The van der Waals surface area contributed by atoms with E-state index in [4.69, 9.17) is 0 Å². The van der Waals surface area contributed by atoms with Gasteiger partial charge < -0.3 is 16.0 Å². The lowest BCUT2D eigenvalue weighted by molar-refractivity contribution is -0.126. The van der Waals surface area contributed by atoms with Crippen molar-refractivity contribution in [3.05, 3.63) is 41.3 Å². The summed E-state index contributed by atoms with van der Waals surface area (Å²) in [6.07, 6.45) is 0.188. The standard InChI is InChI=1S/C19H19F2N3O2S/c20-17(21)19(26)23-11-3-1-2-10(8-11)15-6-7-16(27-15)18(25)24-14-9-12-4-5-13(14)22-12/h1-3,6-8,12-14,17,22H,4-5,9H2,(H,23,26)(H,24,25). The van der Waals surface area contributed by atoms with Gasteiger partial charge in [0.2, 0.25) is 0 Å². The molecule has 2 amide bonds. The fraction of sp³-hybridized carbons (Fsp3) is 0.368. The minimum Gasteiger partial charge on any atom is -0.347 e. The second-order valence-electron chi connectivity index (χ2n) is 6.90. The quantitative estimate of drug-likeness (QED) is 0.733. The van der Waals surface area contributed by atoms with Gasteiger partial charge in [-0.25, -0.2) is 0 Å². The molecule has 27 heavy (non-hydrogen) atoms. The van der Waals surface area contributed by atoms with E-state index in [1.165, 1.54) is 17.8 Å². The Labute approximate surface area is 159 Å². The van der Waals surface area contributed by atoms with Gasteiger partial charge in [0.25, 0.3) is 11.8 Å². The topological polar surface area (TPSA) is 70.2 Å². The molecule has 2 aliphatic rings. The van der Waals surface area contributed by atoms with Crippen LogP contribution in [0.3, 0.4) is 0 Å². The molecule has 3 heterocycles. The average Bonchev–Trinajstić information content (AvgIpc) is 3.38. The highest BCUT2D eigenvalue weighted by Crippen LogP contribution is 2.31. The molecule has 0 radical (unpaired) electrons. The monoisotopic (exact) mass is 391 g/mol. The number of benzene rings is 1. The third kappa shape index (κ3) is 3.86. The van der Waals surface area contributed by atoms with E-state index in [-0.39, 0.29) is 11.9 Å². The lowest BCUT2D eigenvalue weighted by Gasteiger charge is -2.20. The van der Waals surface area contributed by atoms with Crippen molar-refractivity contribution in [2.24, 2.45) is 0 Å². The SMILES string of the molecule is O=C(NC1CC2CCC1N2)c1ccc(-c2cccc(NC(=O)C(F)F)c2)s1. The van der Waals surface area contributed by atoms with E-state index in [9.17, 15) is 18.4 Å². The highest BCUT2D eigenvalue weighted by molar-refractivity contribution is 7.17. The highest BCUT2D eigenvalue weighted by Gasteiger charge is 2.39. The van der Waals surface area contributed by atoms with Gasteiger partial charge in [0, 0.05) is 28.7 Å². The summed E-state index contributed by atoms with van der Waals surface area (Å²) >= 11 is 1.34. The molecule has 0 spiro atoms. The number of anilines is 1. The third-order valence-electron chi connectivity index (χ3n) is 5.06. The molecular formula is C19H19F2N3O2S. The van der Waals surface area contributed by atoms with Gasteiger partial charge in [-0.1, -0.05) is 12.1 Å². The number of rotatable bonds is 5. The zero-order chi connectivity index (χ0) is 19.0. The number of nitrogens with one attached hydrogen (secondary N) is 3. The fourth-order valence-corrected chi connectivity index (χ4v) is 4.69. The fourth-order valence-electron chi connectivity index (χ4n) is 3.79. The van der Waals surface area contributed by atoms with Crippen LogP contribution in [-0.2, 0) is 4.79 Å². The molecule has 1 aromatic heterocycles. The maximum absolute atomic E-state index is 12.5. The van der Waals surface area contributed by atoms with Crippen LogP contribution in [-0.4, -0.2) is 36.4 Å². The molecule has 2 aliphatic heterocycles. The molecule has 5 nitrogen and oxygen atoms in total. The number of thiophene rings is 1. The average molecular weight is 391 g/mol. The van der Waals surface area contributed by atoms with Crippen molar-refractivity contribution >= 4 is 28.8 Å². The Morgan fingerprint density at radius 2 is 2.04 bits per heavy atom. The lowest BCUT2D eigenvalue weighted by atomic mass is 9.95. The molecule has 1 aromatic carbocycles. The van der Waals surface area contributed by atoms with Gasteiger partial charge in [-0.15, -0.1) is 11.3 Å². The van der Waals surface area contributed by atoms with Crippen LogP contribution < -0.4 is 16.0 Å². The van der Waals surface area contributed by atoms with Crippen LogP contribution in [0.4, 0.5) is 14.5 Å². The van der Waals surface area contributed by atoms with Crippen molar-refractivity contribution in [2.45, 2.75) is 43.8 Å². The number of fused-ring (bicyclic) bond motifs is 2. The van der Waals surface area contributed by atoms with E-state index >= 15 is 0 Å². The van der Waals surface area contributed by atoms with Crippen molar-refractivity contribution in [1.82, 2.24) is 10.6 Å². The van der Waals surface area contributed by atoms with Gasteiger partial charge in [-0.05, 0) is 49.1 Å². The number of carbonyl (C=O) groups is 2. The van der Waals surface area contributed by atoms with Crippen molar-refractivity contribution in [3.63, 3.8) is 0 Å². The first-order valence-electron chi connectivity index (χ1n) is 8.86. The van der Waals surface area contributed by atoms with Crippen LogP contribution in [0.2, 0.25) is 0 Å². The third-order valence-corrected chi connectivity index (χ3v) is 6.19. The molecule has 3 N–H and O–H groups in total. The van der Waals surface area contributed by atoms with Gasteiger partial charge in [0.05, 0.1) is 4.88 Å². The van der Waals surface area contributed by atoms with Crippen LogP contribution in [0.15, 0.2) is 36.4 Å². The molecule has 0 aliphatic carbocycles. The number of amides is 2. The van der Waals surface area contributed by atoms with Gasteiger partial charge >= 0.3 is 6.43 Å². The van der Waals surface area contributed by atoms with Crippen LogP contribution in [0.25, 0.3) is 10.4 Å². The molecule has 142 valence electrons. The number of alkyl halides is 2. The Kier molecular flexibility index (Phi) is 4.92. The Morgan fingerprint density at radius 1 is 1.19 bits per heavy atom. The lowest BCUT2D eigenvalue weighted by Crippen LogP contribution is -2.42. The first kappa shape index (κ1) is 18.1.